The van der Waals surface area contributed by atoms with Crippen LogP contribution in [0.1, 0.15) is 5.69 Å². The fourth-order valence-electron chi connectivity index (χ4n) is 1.95. The van der Waals surface area contributed by atoms with Gasteiger partial charge in [0, 0.05) is 41.7 Å². The third-order valence-electron chi connectivity index (χ3n) is 3.22. The molecule has 0 saturated carbocycles. The highest BCUT2D eigenvalue weighted by molar-refractivity contribution is 6.36. The van der Waals surface area contributed by atoms with Crippen molar-refractivity contribution in [1.82, 2.24) is 15.3 Å². The van der Waals surface area contributed by atoms with Crippen LogP contribution in [-0.2, 0) is 6.54 Å². The molecule has 1 aromatic heterocycles. The van der Waals surface area contributed by atoms with E-state index in [1.165, 1.54) is 0 Å². The number of nitrogens with one attached hydrogen (secondary N) is 1. The molecule has 3 rings (SSSR count). The van der Waals surface area contributed by atoms with Gasteiger partial charge in [0.05, 0.1) is 22.3 Å². The van der Waals surface area contributed by atoms with Crippen molar-refractivity contribution < 1.29 is 9.84 Å². The topological polar surface area (TPSA) is 67.3 Å². The van der Waals surface area contributed by atoms with Crippen LogP contribution >= 0.6 is 46.4 Å². The van der Waals surface area contributed by atoms with E-state index in [9.17, 15) is 0 Å². The van der Waals surface area contributed by atoms with Gasteiger partial charge in [-0.25, -0.2) is 0 Å². The summed E-state index contributed by atoms with van der Waals surface area (Å²) in [5, 5.41) is 13.4. The van der Waals surface area contributed by atoms with Crippen molar-refractivity contribution in [2.24, 2.45) is 0 Å². The number of benzene rings is 2. The molecule has 3 aromatic rings. The second-order valence-electron chi connectivity index (χ2n) is 5.35. The average Bonchev–Trinajstić information content (AvgIpc) is 2.67. The summed E-state index contributed by atoms with van der Waals surface area (Å²) in [6.45, 7) is 1.41. The maximum absolute atomic E-state index is 8.45. The van der Waals surface area contributed by atoms with Crippen LogP contribution < -0.4 is 10.1 Å². The molecule has 0 aliphatic carbocycles. The Bertz CT molecular complexity index is 833. The van der Waals surface area contributed by atoms with Gasteiger partial charge in [0.1, 0.15) is 11.5 Å². The van der Waals surface area contributed by atoms with Crippen LogP contribution in [0.3, 0.4) is 0 Å². The number of aliphatic hydroxyl groups excluding tert-OH is 1. The number of hydrogen-bond donors (Lipinski definition) is 2. The molecule has 0 aliphatic heterocycles. The quantitative estimate of drug-likeness (QED) is 0.465. The Morgan fingerprint density at radius 2 is 1.50 bits per heavy atom. The first-order chi connectivity index (χ1) is 13.5. The molecule has 0 radical (unpaired) electrons. The molecule has 5 nitrogen and oxygen atoms in total. The molecule has 28 heavy (non-hydrogen) atoms. The van der Waals surface area contributed by atoms with E-state index in [1.54, 1.807) is 55.0 Å². The molecular formula is C19H17Cl4N3O2. The zero-order valence-corrected chi connectivity index (χ0v) is 17.6. The Hall–Kier alpha value is -1.60. The molecule has 0 aliphatic rings. The molecule has 0 spiro atoms. The maximum Gasteiger partial charge on any atom is 0.146 e. The summed E-state index contributed by atoms with van der Waals surface area (Å²) in [4.78, 5) is 7.94. The molecule has 2 aromatic carbocycles. The number of rotatable bonds is 6. The lowest BCUT2D eigenvalue weighted by atomic mass is 10.3. The second kappa shape index (κ2) is 12.1. The fraction of sp³-hybridized carbons (Fsp3) is 0.158. The van der Waals surface area contributed by atoms with Crippen molar-refractivity contribution in [3.63, 3.8) is 0 Å². The molecule has 0 amide bonds. The second-order valence-corrected chi connectivity index (χ2v) is 7.04. The number of halogens is 4. The monoisotopic (exact) mass is 459 g/mol. The van der Waals surface area contributed by atoms with E-state index in [0.717, 1.165) is 5.69 Å². The van der Waals surface area contributed by atoms with Gasteiger partial charge in [-0.15, -0.1) is 0 Å². The van der Waals surface area contributed by atoms with Gasteiger partial charge < -0.3 is 15.2 Å². The van der Waals surface area contributed by atoms with Crippen LogP contribution in [0.25, 0.3) is 0 Å². The van der Waals surface area contributed by atoms with Gasteiger partial charge in [0.2, 0.25) is 0 Å². The standard InChI is InChI=1S/C12H6Cl4O.C7H11N3O/c13-7-1-3-11(9(15)5-7)17-12-4-2-8(14)6-10(12)16;11-4-3-9-6-7-5-8-1-2-10-7/h1-6H;1-2,5,9,11H,3-4,6H2. The van der Waals surface area contributed by atoms with Gasteiger partial charge in [-0.1, -0.05) is 46.4 Å². The van der Waals surface area contributed by atoms with Crippen LogP contribution in [0, 0.1) is 0 Å². The average molecular weight is 461 g/mol. The van der Waals surface area contributed by atoms with Crippen molar-refractivity contribution in [2.45, 2.75) is 6.54 Å². The molecule has 0 bridgehead atoms. The molecule has 0 fully saturated rings. The van der Waals surface area contributed by atoms with Gasteiger partial charge >= 0.3 is 0 Å². The Morgan fingerprint density at radius 1 is 0.893 bits per heavy atom. The Labute approximate surface area is 183 Å². The zero-order valence-electron chi connectivity index (χ0n) is 14.6. The third kappa shape index (κ3) is 7.80. The molecular weight excluding hydrogens is 444 g/mol. The Morgan fingerprint density at radius 3 is 1.96 bits per heavy atom. The van der Waals surface area contributed by atoms with E-state index < -0.39 is 0 Å². The number of aromatic nitrogens is 2. The van der Waals surface area contributed by atoms with E-state index in [-0.39, 0.29) is 6.61 Å². The number of ether oxygens (including phenoxy) is 1. The summed E-state index contributed by atoms with van der Waals surface area (Å²) in [5.41, 5.74) is 0.890. The van der Waals surface area contributed by atoms with E-state index >= 15 is 0 Å². The SMILES string of the molecule is Clc1ccc(Oc2ccc(Cl)cc2Cl)c(Cl)c1.OCCNCc1cnccn1. The lowest BCUT2D eigenvalue weighted by Gasteiger charge is -2.09. The van der Waals surface area contributed by atoms with Crippen molar-refractivity contribution in [3.8, 4) is 11.5 Å². The first-order valence-electron chi connectivity index (χ1n) is 8.14. The minimum atomic E-state index is 0.153. The zero-order chi connectivity index (χ0) is 20.4. The maximum atomic E-state index is 8.45. The van der Waals surface area contributed by atoms with Crippen LogP contribution in [0.2, 0.25) is 20.1 Å². The van der Waals surface area contributed by atoms with E-state index in [4.69, 9.17) is 56.2 Å². The molecule has 1 heterocycles. The van der Waals surface area contributed by atoms with Crippen molar-refractivity contribution >= 4 is 46.4 Å². The summed E-state index contributed by atoms with van der Waals surface area (Å²) in [6, 6.07) is 9.93. The predicted octanol–water partition coefficient (Wildman–Crippen LogP) is 5.65. The summed E-state index contributed by atoms with van der Waals surface area (Å²) in [5.74, 6) is 0.973. The van der Waals surface area contributed by atoms with Gasteiger partial charge in [0.25, 0.3) is 0 Å². The lowest BCUT2D eigenvalue weighted by molar-refractivity contribution is 0.291. The van der Waals surface area contributed by atoms with Crippen LogP contribution in [0.15, 0.2) is 55.0 Å². The third-order valence-corrected chi connectivity index (χ3v) is 4.28. The number of nitrogens with zero attached hydrogens (tertiary/aromatic N) is 2. The molecule has 0 unspecified atom stereocenters. The van der Waals surface area contributed by atoms with Gasteiger partial charge in [-0.2, -0.15) is 0 Å². The number of aliphatic hydroxyl groups is 1. The van der Waals surface area contributed by atoms with Crippen LogP contribution in [0.4, 0.5) is 0 Å². The van der Waals surface area contributed by atoms with E-state index in [1.807, 2.05) is 0 Å². The highest BCUT2D eigenvalue weighted by atomic mass is 35.5. The highest BCUT2D eigenvalue weighted by Crippen LogP contribution is 2.35. The first kappa shape index (κ1) is 22.7. The van der Waals surface area contributed by atoms with Crippen molar-refractivity contribution in [1.29, 1.82) is 0 Å². The minimum absolute atomic E-state index is 0.153. The summed E-state index contributed by atoms with van der Waals surface area (Å²) in [7, 11) is 0. The molecule has 0 atom stereocenters. The smallest absolute Gasteiger partial charge is 0.146 e. The fourth-order valence-corrected chi connectivity index (χ4v) is 2.85. The van der Waals surface area contributed by atoms with E-state index in [0.29, 0.717) is 44.7 Å². The predicted molar refractivity (Wildman–Crippen MR) is 114 cm³/mol. The summed E-state index contributed by atoms with van der Waals surface area (Å²) in [6.07, 6.45) is 4.98. The molecule has 9 heteroatoms. The van der Waals surface area contributed by atoms with Crippen LogP contribution in [-0.4, -0.2) is 28.2 Å². The number of hydrogen-bond acceptors (Lipinski definition) is 5. The largest absolute Gasteiger partial charge is 0.454 e. The first-order valence-corrected chi connectivity index (χ1v) is 9.65. The minimum Gasteiger partial charge on any atom is -0.454 e. The van der Waals surface area contributed by atoms with Crippen molar-refractivity contribution in [2.75, 3.05) is 13.2 Å². The normalized spacial score (nSPS) is 10.2. The molecule has 148 valence electrons. The molecule has 2 N–H and O–H groups in total. The van der Waals surface area contributed by atoms with Crippen molar-refractivity contribution in [3.05, 3.63) is 80.8 Å². The van der Waals surface area contributed by atoms with Gasteiger partial charge in [0.15, 0.2) is 0 Å². The van der Waals surface area contributed by atoms with Crippen LogP contribution in [0.5, 0.6) is 11.5 Å². The van der Waals surface area contributed by atoms with Gasteiger partial charge in [-0.05, 0) is 36.4 Å². The Balaban J connectivity index is 0.000000221. The highest BCUT2D eigenvalue weighted by Gasteiger charge is 2.07. The summed E-state index contributed by atoms with van der Waals surface area (Å²) >= 11 is 23.5. The summed E-state index contributed by atoms with van der Waals surface area (Å²) < 4.78 is 5.57. The lowest BCUT2D eigenvalue weighted by Crippen LogP contribution is -2.18. The molecule has 0 saturated heterocycles. The van der Waals surface area contributed by atoms with Gasteiger partial charge in [-0.3, -0.25) is 9.97 Å². The van der Waals surface area contributed by atoms with E-state index in [2.05, 4.69) is 15.3 Å². The Kier molecular flexibility index (Phi) is 9.78.